The van der Waals surface area contributed by atoms with E-state index in [2.05, 4.69) is 13.1 Å². The second kappa shape index (κ2) is 3.25. The Morgan fingerprint density at radius 3 is 2.09 bits per heavy atom. The van der Waals surface area contributed by atoms with E-state index in [4.69, 9.17) is 0 Å². The van der Waals surface area contributed by atoms with Crippen LogP contribution in [0.5, 0.6) is 0 Å². The van der Waals surface area contributed by atoms with Crippen LogP contribution in [0.15, 0.2) is 0 Å². The molecule has 1 aliphatic rings. The van der Waals surface area contributed by atoms with Gasteiger partial charge >= 0.3 is 0 Å². The molecule has 1 fully saturated rings. The van der Waals surface area contributed by atoms with Crippen molar-refractivity contribution in [2.45, 2.75) is 44.3 Å². The first kappa shape index (κ1) is 9.23. The van der Waals surface area contributed by atoms with Gasteiger partial charge in [0, 0.05) is 7.05 Å². The van der Waals surface area contributed by atoms with Gasteiger partial charge in [-0.15, -0.1) is 0 Å². The van der Waals surface area contributed by atoms with E-state index in [1.165, 1.54) is 30.4 Å². The molecular weight excluding hydrogens is 154 g/mol. The van der Waals surface area contributed by atoms with Crippen LogP contribution < -0.4 is 0 Å². The van der Waals surface area contributed by atoms with Crippen molar-refractivity contribution in [2.75, 3.05) is 7.05 Å². The highest BCUT2D eigenvalue weighted by molar-refractivity contribution is 6.75. The first-order chi connectivity index (χ1) is 5.05. The number of nitrogens with zero attached hydrogens (tertiary/aromatic N) is 1. The summed E-state index contributed by atoms with van der Waals surface area (Å²) in [6.07, 6.45) is 5.41. The van der Waals surface area contributed by atoms with E-state index in [9.17, 15) is 5.21 Å². The summed E-state index contributed by atoms with van der Waals surface area (Å²) in [6.45, 7) is 4.51. The Hall–Kier alpha value is 0.137. The molecule has 1 rings (SSSR count). The molecule has 1 saturated carbocycles. The van der Waals surface area contributed by atoms with Crippen molar-refractivity contribution < 1.29 is 5.21 Å². The third-order valence-corrected chi connectivity index (χ3v) is 7.43. The van der Waals surface area contributed by atoms with Gasteiger partial charge in [0.1, 0.15) is 0 Å². The van der Waals surface area contributed by atoms with E-state index in [0.717, 1.165) is 5.54 Å². The summed E-state index contributed by atoms with van der Waals surface area (Å²) in [5.74, 6) is 0. The standard InChI is InChI=1S/C8H19NOSi/c1-9(10)11(2,3)8-6-4-5-7-8/h8,10H,4-7H2,1-3H3. The van der Waals surface area contributed by atoms with Gasteiger partial charge in [-0.1, -0.05) is 38.8 Å². The van der Waals surface area contributed by atoms with E-state index in [0.29, 0.717) is 0 Å². The lowest BCUT2D eigenvalue weighted by atomic mass is 10.4. The lowest BCUT2D eigenvalue weighted by Gasteiger charge is -2.33. The number of hydrogen-bond donors (Lipinski definition) is 1. The predicted octanol–water partition coefficient (Wildman–Crippen LogP) is 2.46. The topological polar surface area (TPSA) is 23.5 Å². The van der Waals surface area contributed by atoms with Crippen LogP contribution in [0, 0.1) is 0 Å². The lowest BCUT2D eigenvalue weighted by molar-refractivity contribution is 0.0142. The normalized spacial score (nSPS) is 21.5. The summed E-state index contributed by atoms with van der Waals surface area (Å²) in [6, 6.07) is 0. The van der Waals surface area contributed by atoms with Gasteiger partial charge in [0.2, 0.25) is 0 Å². The van der Waals surface area contributed by atoms with Crippen LogP contribution in [0.25, 0.3) is 0 Å². The van der Waals surface area contributed by atoms with E-state index >= 15 is 0 Å². The van der Waals surface area contributed by atoms with E-state index < -0.39 is 8.24 Å². The number of hydroxylamine groups is 1. The Morgan fingerprint density at radius 1 is 1.27 bits per heavy atom. The molecule has 0 heterocycles. The zero-order chi connectivity index (χ0) is 8.48. The van der Waals surface area contributed by atoms with Crippen LogP contribution in [0.1, 0.15) is 25.7 Å². The van der Waals surface area contributed by atoms with Crippen LogP contribution in [0.4, 0.5) is 0 Å². The maximum atomic E-state index is 9.44. The molecule has 0 spiro atoms. The lowest BCUT2D eigenvalue weighted by Crippen LogP contribution is -2.47. The molecule has 0 aromatic heterocycles. The minimum absolute atomic E-state index is 0.817. The van der Waals surface area contributed by atoms with Crippen molar-refractivity contribution in [1.82, 2.24) is 4.73 Å². The summed E-state index contributed by atoms with van der Waals surface area (Å²) in [5.41, 5.74) is 0.817. The molecule has 1 aliphatic carbocycles. The molecular formula is C8H19NOSi. The van der Waals surface area contributed by atoms with Gasteiger partial charge in [-0.2, -0.15) is 0 Å². The van der Waals surface area contributed by atoms with E-state index in [1.54, 1.807) is 0 Å². The number of hydrogen-bond acceptors (Lipinski definition) is 2. The van der Waals surface area contributed by atoms with Crippen molar-refractivity contribution in [1.29, 1.82) is 0 Å². The van der Waals surface area contributed by atoms with Gasteiger partial charge < -0.3 is 5.21 Å². The average Bonchev–Trinajstić information content (AvgIpc) is 2.37. The first-order valence-electron chi connectivity index (χ1n) is 4.48. The Morgan fingerprint density at radius 2 is 1.73 bits per heavy atom. The van der Waals surface area contributed by atoms with Gasteiger partial charge in [0.25, 0.3) is 0 Å². The molecule has 0 saturated heterocycles. The largest absolute Gasteiger partial charge is 0.321 e. The fourth-order valence-corrected chi connectivity index (χ4v) is 4.25. The van der Waals surface area contributed by atoms with Gasteiger partial charge in [0.15, 0.2) is 8.24 Å². The number of rotatable bonds is 2. The molecule has 0 aromatic carbocycles. The summed E-state index contributed by atoms with van der Waals surface area (Å²) >= 11 is 0. The molecule has 2 nitrogen and oxygen atoms in total. The molecule has 3 heteroatoms. The van der Waals surface area contributed by atoms with E-state index in [-0.39, 0.29) is 0 Å². The van der Waals surface area contributed by atoms with Crippen molar-refractivity contribution in [3.05, 3.63) is 0 Å². The van der Waals surface area contributed by atoms with Gasteiger partial charge in [-0.05, 0) is 5.54 Å². The molecule has 11 heavy (non-hydrogen) atoms. The van der Waals surface area contributed by atoms with Gasteiger partial charge in [0.05, 0.1) is 0 Å². The fourth-order valence-electron chi connectivity index (χ4n) is 1.90. The molecule has 0 unspecified atom stereocenters. The summed E-state index contributed by atoms with van der Waals surface area (Å²) < 4.78 is 1.50. The maximum absolute atomic E-state index is 9.44. The summed E-state index contributed by atoms with van der Waals surface area (Å²) in [7, 11) is 0.351. The van der Waals surface area contributed by atoms with E-state index in [1.807, 2.05) is 7.05 Å². The second-order valence-electron chi connectivity index (χ2n) is 4.16. The molecule has 0 aliphatic heterocycles. The first-order valence-corrected chi connectivity index (χ1v) is 7.50. The Labute approximate surface area is 70.3 Å². The second-order valence-corrected chi connectivity index (χ2v) is 8.93. The molecule has 0 atom stereocenters. The highest BCUT2D eigenvalue weighted by Crippen LogP contribution is 2.38. The molecule has 0 bridgehead atoms. The molecule has 1 N–H and O–H groups in total. The molecule has 0 radical (unpaired) electrons. The van der Waals surface area contributed by atoms with Crippen molar-refractivity contribution in [3.63, 3.8) is 0 Å². The third kappa shape index (κ3) is 1.83. The van der Waals surface area contributed by atoms with Crippen LogP contribution in [-0.2, 0) is 0 Å². The smallest absolute Gasteiger partial charge is 0.156 e. The van der Waals surface area contributed by atoms with Crippen molar-refractivity contribution in [3.8, 4) is 0 Å². The fraction of sp³-hybridized carbons (Fsp3) is 1.00. The SMILES string of the molecule is CN(O)[Si](C)(C)C1CCCC1. The highest BCUT2D eigenvalue weighted by Gasteiger charge is 2.37. The average molecular weight is 173 g/mol. The Balaban J connectivity index is 2.55. The third-order valence-electron chi connectivity index (χ3n) is 3.19. The van der Waals surface area contributed by atoms with Crippen molar-refractivity contribution in [2.24, 2.45) is 0 Å². The predicted molar refractivity (Wildman–Crippen MR) is 49.2 cm³/mol. The quantitative estimate of drug-likeness (QED) is 0.512. The summed E-state index contributed by atoms with van der Waals surface area (Å²) in [4.78, 5) is 0. The van der Waals surface area contributed by atoms with Crippen LogP contribution in [0.3, 0.4) is 0 Å². The minimum atomic E-state index is -1.46. The zero-order valence-corrected chi connectivity index (χ0v) is 8.80. The van der Waals surface area contributed by atoms with Crippen LogP contribution in [-0.4, -0.2) is 25.2 Å². The Kier molecular flexibility index (Phi) is 2.73. The van der Waals surface area contributed by atoms with Gasteiger partial charge in [-0.3, -0.25) is 0 Å². The monoisotopic (exact) mass is 173 g/mol. The van der Waals surface area contributed by atoms with Gasteiger partial charge in [-0.25, -0.2) is 4.73 Å². The Bertz CT molecular complexity index is 130. The van der Waals surface area contributed by atoms with Crippen molar-refractivity contribution >= 4 is 8.24 Å². The van der Waals surface area contributed by atoms with Crippen LogP contribution >= 0.6 is 0 Å². The van der Waals surface area contributed by atoms with Crippen LogP contribution in [0.2, 0.25) is 18.6 Å². The highest BCUT2D eigenvalue weighted by atomic mass is 28.3. The molecule has 0 amide bonds. The molecule has 0 aromatic rings. The minimum Gasteiger partial charge on any atom is -0.321 e. The summed E-state index contributed by atoms with van der Waals surface area (Å²) in [5, 5.41) is 9.44. The molecule has 66 valence electrons. The zero-order valence-electron chi connectivity index (χ0n) is 7.80. The maximum Gasteiger partial charge on any atom is 0.156 e.